The van der Waals surface area contributed by atoms with E-state index in [9.17, 15) is 4.79 Å². The van der Waals surface area contributed by atoms with Gasteiger partial charge in [0, 0.05) is 12.1 Å². The lowest BCUT2D eigenvalue weighted by Gasteiger charge is -2.08. The molecule has 0 atom stereocenters. The molecule has 5 heteroatoms. The van der Waals surface area contributed by atoms with Gasteiger partial charge in [-0.25, -0.2) is 14.8 Å². The van der Waals surface area contributed by atoms with Gasteiger partial charge in [-0.2, -0.15) is 11.8 Å². The maximum atomic E-state index is 11.8. The zero-order valence-corrected chi connectivity index (χ0v) is 11.6. The second-order valence-corrected chi connectivity index (χ2v) is 5.49. The van der Waals surface area contributed by atoms with E-state index in [0.717, 1.165) is 35.9 Å². The third-order valence-electron chi connectivity index (χ3n) is 2.76. The Kier molecular flexibility index (Phi) is 4.58. The molecule has 1 aliphatic rings. The van der Waals surface area contributed by atoms with Crippen LogP contribution in [-0.4, -0.2) is 28.3 Å². The number of hydrogen-bond donors (Lipinski definition) is 0. The van der Waals surface area contributed by atoms with Crippen molar-refractivity contribution in [3.05, 3.63) is 23.3 Å². The highest BCUT2D eigenvalue weighted by molar-refractivity contribution is 7.98. The molecule has 0 spiro atoms. The smallest absolute Gasteiger partial charge is 0.341 e. The van der Waals surface area contributed by atoms with E-state index in [0.29, 0.717) is 18.1 Å². The van der Waals surface area contributed by atoms with Crippen molar-refractivity contribution in [1.82, 2.24) is 9.97 Å². The van der Waals surface area contributed by atoms with Crippen molar-refractivity contribution in [3.63, 3.8) is 0 Å². The van der Waals surface area contributed by atoms with E-state index >= 15 is 0 Å². The summed E-state index contributed by atoms with van der Waals surface area (Å²) in [5, 5.41) is 0. The average Bonchev–Trinajstić information content (AvgIpc) is 3.20. The van der Waals surface area contributed by atoms with Crippen LogP contribution in [-0.2, 0) is 10.5 Å². The van der Waals surface area contributed by atoms with Gasteiger partial charge >= 0.3 is 5.97 Å². The molecular weight excluding hydrogens is 248 g/mol. The number of thioether (sulfide) groups is 1. The molecule has 2 rings (SSSR count). The molecule has 4 nitrogen and oxygen atoms in total. The number of rotatable bonds is 6. The van der Waals surface area contributed by atoms with Gasteiger partial charge in [-0.15, -0.1) is 0 Å². The van der Waals surface area contributed by atoms with Crippen LogP contribution in [0.1, 0.15) is 54.5 Å². The first-order chi connectivity index (χ1) is 8.76. The predicted molar refractivity (Wildman–Crippen MR) is 71.8 cm³/mol. The summed E-state index contributed by atoms with van der Waals surface area (Å²) in [6.45, 7) is 4.30. The van der Waals surface area contributed by atoms with Gasteiger partial charge in [-0.05, 0) is 25.5 Å². The standard InChI is InChI=1S/C13H18N2O2S/c1-3-17-13(16)10-7-14-11(8-18-4-2)15-12(10)9-5-6-9/h7,9H,3-6,8H2,1-2H3. The van der Waals surface area contributed by atoms with Crippen molar-refractivity contribution >= 4 is 17.7 Å². The van der Waals surface area contributed by atoms with Crippen LogP contribution in [0, 0.1) is 0 Å². The van der Waals surface area contributed by atoms with E-state index in [-0.39, 0.29) is 5.97 Å². The molecule has 1 fully saturated rings. The van der Waals surface area contributed by atoms with Gasteiger partial charge in [0.15, 0.2) is 0 Å². The molecule has 0 unspecified atom stereocenters. The van der Waals surface area contributed by atoms with Crippen molar-refractivity contribution in [3.8, 4) is 0 Å². The molecule has 1 aromatic heterocycles. The molecule has 0 amide bonds. The summed E-state index contributed by atoms with van der Waals surface area (Å²) in [6.07, 6.45) is 3.86. The Morgan fingerprint density at radius 1 is 1.50 bits per heavy atom. The molecule has 0 radical (unpaired) electrons. The Labute approximate surface area is 112 Å². The fourth-order valence-corrected chi connectivity index (χ4v) is 2.26. The quantitative estimate of drug-likeness (QED) is 0.741. The summed E-state index contributed by atoms with van der Waals surface area (Å²) in [5.41, 5.74) is 1.43. The number of nitrogens with zero attached hydrogens (tertiary/aromatic N) is 2. The predicted octanol–water partition coefficient (Wildman–Crippen LogP) is 2.78. The van der Waals surface area contributed by atoms with Crippen LogP contribution in [0.4, 0.5) is 0 Å². The molecule has 1 saturated carbocycles. The lowest BCUT2D eigenvalue weighted by molar-refractivity contribution is 0.0524. The first-order valence-corrected chi connectivity index (χ1v) is 7.52. The van der Waals surface area contributed by atoms with Gasteiger partial charge in [-0.3, -0.25) is 0 Å². The Morgan fingerprint density at radius 2 is 2.28 bits per heavy atom. The van der Waals surface area contributed by atoms with Crippen LogP contribution in [0.2, 0.25) is 0 Å². The maximum Gasteiger partial charge on any atom is 0.341 e. The summed E-state index contributed by atoms with van der Waals surface area (Å²) < 4.78 is 5.04. The largest absolute Gasteiger partial charge is 0.462 e. The molecule has 0 N–H and O–H groups in total. The second kappa shape index (κ2) is 6.18. The molecule has 0 aromatic carbocycles. The van der Waals surface area contributed by atoms with Crippen molar-refractivity contribution in [2.45, 2.75) is 38.4 Å². The Bertz CT molecular complexity index is 433. The van der Waals surface area contributed by atoms with Crippen molar-refractivity contribution in [2.75, 3.05) is 12.4 Å². The van der Waals surface area contributed by atoms with Gasteiger partial charge in [0.1, 0.15) is 5.82 Å². The van der Waals surface area contributed by atoms with Crippen molar-refractivity contribution < 1.29 is 9.53 Å². The fourth-order valence-electron chi connectivity index (χ4n) is 1.73. The van der Waals surface area contributed by atoms with Gasteiger partial charge in [0.2, 0.25) is 0 Å². The summed E-state index contributed by atoms with van der Waals surface area (Å²) in [5.74, 6) is 2.80. The normalized spacial score (nSPS) is 14.6. The Hall–Kier alpha value is -1.10. The third kappa shape index (κ3) is 3.22. The molecule has 0 aliphatic heterocycles. The van der Waals surface area contributed by atoms with Crippen LogP contribution >= 0.6 is 11.8 Å². The van der Waals surface area contributed by atoms with Gasteiger partial charge < -0.3 is 4.74 Å². The molecule has 18 heavy (non-hydrogen) atoms. The zero-order chi connectivity index (χ0) is 13.0. The third-order valence-corrected chi connectivity index (χ3v) is 3.63. The lowest BCUT2D eigenvalue weighted by atomic mass is 10.1. The number of carbonyl (C=O) groups excluding carboxylic acids is 1. The molecule has 0 bridgehead atoms. The number of esters is 1. The Morgan fingerprint density at radius 3 is 2.89 bits per heavy atom. The number of aromatic nitrogens is 2. The van der Waals surface area contributed by atoms with Crippen molar-refractivity contribution in [1.29, 1.82) is 0 Å². The molecular formula is C13H18N2O2S. The van der Waals surface area contributed by atoms with Gasteiger partial charge in [0.05, 0.1) is 23.6 Å². The molecule has 1 heterocycles. The first kappa shape index (κ1) is 13.3. The summed E-state index contributed by atoms with van der Waals surface area (Å²) in [4.78, 5) is 20.6. The number of carbonyl (C=O) groups is 1. The van der Waals surface area contributed by atoms with E-state index in [1.807, 2.05) is 6.92 Å². The zero-order valence-electron chi connectivity index (χ0n) is 10.8. The minimum absolute atomic E-state index is 0.297. The SMILES string of the molecule is CCOC(=O)c1cnc(CSCC)nc1C1CC1. The van der Waals surface area contributed by atoms with Gasteiger partial charge in [0.25, 0.3) is 0 Å². The summed E-state index contributed by atoms with van der Waals surface area (Å²) in [7, 11) is 0. The van der Waals surface area contributed by atoms with E-state index in [4.69, 9.17) is 4.74 Å². The van der Waals surface area contributed by atoms with Crippen LogP contribution in [0.5, 0.6) is 0 Å². The summed E-state index contributed by atoms with van der Waals surface area (Å²) in [6, 6.07) is 0. The highest BCUT2D eigenvalue weighted by Crippen LogP contribution is 2.40. The fraction of sp³-hybridized carbons (Fsp3) is 0.615. The molecule has 1 aromatic rings. The Balaban J connectivity index is 2.21. The molecule has 1 aliphatic carbocycles. The number of hydrogen-bond acceptors (Lipinski definition) is 5. The molecule has 0 saturated heterocycles. The van der Waals surface area contributed by atoms with Crippen LogP contribution < -0.4 is 0 Å². The minimum atomic E-state index is -0.297. The van der Waals surface area contributed by atoms with E-state index < -0.39 is 0 Å². The monoisotopic (exact) mass is 266 g/mol. The first-order valence-electron chi connectivity index (χ1n) is 6.36. The van der Waals surface area contributed by atoms with Gasteiger partial charge in [-0.1, -0.05) is 6.92 Å². The van der Waals surface area contributed by atoms with E-state index in [1.165, 1.54) is 0 Å². The van der Waals surface area contributed by atoms with Crippen LogP contribution in [0.15, 0.2) is 6.20 Å². The topological polar surface area (TPSA) is 52.1 Å². The van der Waals surface area contributed by atoms with Crippen molar-refractivity contribution in [2.24, 2.45) is 0 Å². The average molecular weight is 266 g/mol. The highest BCUT2D eigenvalue weighted by Gasteiger charge is 2.30. The summed E-state index contributed by atoms with van der Waals surface area (Å²) >= 11 is 1.79. The minimum Gasteiger partial charge on any atom is -0.462 e. The maximum absolute atomic E-state index is 11.8. The molecule has 98 valence electrons. The van der Waals surface area contributed by atoms with E-state index in [1.54, 1.807) is 18.0 Å². The van der Waals surface area contributed by atoms with Crippen LogP contribution in [0.3, 0.4) is 0 Å². The van der Waals surface area contributed by atoms with Crippen LogP contribution in [0.25, 0.3) is 0 Å². The number of ether oxygens (including phenoxy) is 1. The lowest BCUT2D eigenvalue weighted by Crippen LogP contribution is -2.11. The van der Waals surface area contributed by atoms with E-state index in [2.05, 4.69) is 16.9 Å². The second-order valence-electron chi connectivity index (χ2n) is 4.22. The highest BCUT2D eigenvalue weighted by atomic mass is 32.2.